The summed E-state index contributed by atoms with van der Waals surface area (Å²) in [6.07, 6.45) is 0.401. The molecule has 4 aromatic rings. The van der Waals surface area contributed by atoms with Crippen LogP contribution in [0.25, 0.3) is 16.8 Å². The van der Waals surface area contributed by atoms with Gasteiger partial charge in [0.1, 0.15) is 6.10 Å². The second-order valence-electron chi connectivity index (χ2n) is 7.43. The van der Waals surface area contributed by atoms with E-state index in [0.29, 0.717) is 11.5 Å². The molecule has 166 valence electrons. The van der Waals surface area contributed by atoms with Gasteiger partial charge in [-0.15, -0.1) is 5.10 Å². The van der Waals surface area contributed by atoms with Crippen molar-refractivity contribution in [3.05, 3.63) is 96.2 Å². The number of carboxylic acid groups (broad SMARTS) is 1. The SMILES string of the molecule is CC(OC(=O)Nc1cnnn1-c1cccc(-c2ccc(CC(=O)O)cc2)c1)c1ccccc1. The Bertz CT molecular complexity index is 1250. The Labute approximate surface area is 190 Å². The van der Waals surface area contributed by atoms with E-state index in [2.05, 4.69) is 15.6 Å². The number of nitrogens with one attached hydrogen (secondary N) is 1. The number of hydrogen-bond donors (Lipinski definition) is 2. The van der Waals surface area contributed by atoms with E-state index in [4.69, 9.17) is 9.84 Å². The quantitative estimate of drug-likeness (QED) is 0.423. The van der Waals surface area contributed by atoms with E-state index in [1.165, 1.54) is 10.9 Å². The van der Waals surface area contributed by atoms with Gasteiger partial charge in [0, 0.05) is 0 Å². The third kappa shape index (κ3) is 5.43. The van der Waals surface area contributed by atoms with Gasteiger partial charge in [-0.25, -0.2) is 4.79 Å². The molecule has 0 saturated heterocycles. The van der Waals surface area contributed by atoms with Crippen LogP contribution < -0.4 is 5.32 Å². The second kappa shape index (κ2) is 9.78. The van der Waals surface area contributed by atoms with Gasteiger partial charge >= 0.3 is 12.1 Å². The molecular formula is C25H22N4O4. The number of amides is 1. The molecule has 0 bridgehead atoms. The average Bonchev–Trinajstić information content (AvgIpc) is 3.28. The Morgan fingerprint density at radius 1 is 1.00 bits per heavy atom. The summed E-state index contributed by atoms with van der Waals surface area (Å²) in [5.41, 5.74) is 4.16. The Kier molecular flexibility index (Phi) is 6.45. The first-order valence-corrected chi connectivity index (χ1v) is 10.3. The van der Waals surface area contributed by atoms with Crippen LogP contribution in [0.2, 0.25) is 0 Å². The first-order chi connectivity index (χ1) is 16.0. The lowest BCUT2D eigenvalue weighted by Gasteiger charge is -2.14. The van der Waals surface area contributed by atoms with Gasteiger partial charge in [-0.2, -0.15) is 4.68 Å². The number of nitrogens with zero attached hydrogens (tertiary/aromatic N) is 3. The van der Waals surface area contributed by atoms with Gasteiger partial charge in [-0.05, 0) is 41.3 Å². The van der Waals surface area contributed by atoms with Gasteiger partial charge in [0.2, 0.25) is 0 Å². The molecule has 1 unspecified atom stereocenters. The van der Waals surface area contributed by atoms with Crippen molar-refractivity contribution < 1.29 is 19.4 Å². The first-order valence-electron chi connectivity index (χ1n) is 10.3. The third-order valence-corrected chi connectivity index (χ3v) is 5.07. The van der Waals surface area contributed by atoms with Crippen LogP contribution in [-0.4, -0.2) is 32.2 Å². The van der Waals surface area contributed by atoms with Crippen LogP contribution in [0.5, 0.6) is 0 Å². The summed E-state index contributed by atoms with van der Waals surface area (Å²) >= 11 is 0. The fraction of sp³-hybridized carbons (Fsp3) is 0.120. The molecule has 0 fully saturated rings. The zero-order valence-corrected chi connectivity index (χ0v) is 17.9. The Morgan fingerprint density at radius 3 is 2.48 bits per heavy atom. The van der Waals surface area contributed by atoms with Crippen molar-refractivity contribution >= 4 is 17.9 Å². The maximum absolute atomic E-state index is 12.4. The van der Waals surface area contributed by atoms with Crippen LogP contribution in [0.3, 0.4) is 0 Å². The molecule has 1 aromatic heterocycles. The van der Waals surface area contributed by atoms with Crippen molar-refractivity contribution in [2.75, 3.05) is 5.32 Å². The lowest BCUT2D eigenvalue weighted by molar-refractivity contribution is -0.136. The average molecular weight is 442 g/mol. The number of hydrogen-bond acceptors (Lipinski definition) is 5. The summed E-state index contributed by atoms with van der Waals surface area (Å²) in [5.74, 6) is -0.498. The van der Waals surface area contributed by atoms with E-state index < -0.39 is 18.2 Å². The zero-order valence-electron chi connectivity index (χ0n) is 17.9. The fourth-order valence-corrected chi connectivity index (χ4v) is 3.40. The molecule has 8 heteroatoms. The monoisotopic (exact) mass is 442 g/mol. The number of benzene rings is 3. The predicted molar refractivity (Wildman–Crippen MR) is 123 cm³/mol. The number of anilines is 1. The van der Waals surface area contributed by atoms with Crippen LogP contribution in [0.4, 0.5) is 10.6 Å². The van der Waals surface area contributed by atoms with E-state index in [9.17, 15) is 9.59 Å². The van der Waals surface area contributed by atoms with Crippen LogP contribution in [0.15, 0.2) is 85.1 Å². The normalized spacial score (nSPS) is 11.5. The molecule has 33 heavy (non-hydrogen) atoms. The van der Waals surface area contributed by atoms with Gasteiger partial charge < -0.3 is 9.84 Å². The van der Waals surface area contributed by atoms with E-state index in [1.807, 2.05) is 66.7 Å². The number of ether oxygens (including phenoxy) is 1. The molecule has 4 rings (SSSR count). The summed E-state index contributed by atoms with van der Waals surface area (Å²) in [6.45, 7) is 1.80. The number of aromatic nitrogens is 3. The van der Waals surface area contributed by atoms with Crippen LogP contribution in [0.1, 0.15) is 24.2 Å². The van der Waals surface area contributed by atoms with Crippen LogP contribution >= 0.6 is 0 Å². The van der Waals surface area contributed by atoms with Gasteiger partial charge in [0.15, 0.2) is 5.82 Å². The minimum absolute atomic E-state index is 0.0205. The molecule has 0 radical (unpaired) electrons. The minimum Gasteiger partial charge on any atom is -0.481 e. The lowest BCUT2D eigenvalue weighted by Crippen LogP contribution is -2.18. The maximum Gasteiger partial charge on any atom is 0.413 e. The number of aliphatic carboxylic acids is 1. The summed E-state index contributed by atoms with van der Waals surface area (Å²) in [4.78, 5) is 23.3. The largest absolute Gasteiger partial charge is 0.481 e. The van der Waals surface area contributed by atoms with Gasteiger partial charge in [-0.1, -0.05) is 71.9 Å². The van der Waals surface area contributed by atoms with E-state index >= 15 is 0 Å². The minimum atomic E-state index is -0.868. The van der Waals surface area contributed by atoms with Crippen molar-refractivity contribution in [3.63, 3.8) is 0 Å². The van der Waals surface area contributed by atoms with Gasteiger partial charge in [-0.3, -0.25) is 10.1 Å². The summed E-state index contributed by atoms with van der Waals surface area (Å²) < 4.78 is 6.98. The number of carbonyl (C=O) groups is 2. The highest BCUT2D eigenvalue weighted by atomic mass is 16.6. The summed E-state index contributed by atoms with van der Waals surface area (Å²) in [5, 5.41) is 19.6. The highest BCUT2D eigenvalue weighted by Crippen LogP contribution is 2.24. The Morgan fingerprint density at radius 2 is 1.76 bits per heavy atom. The lowest BCUT2D eigenvalue weighted by atomic mass is 10.0. The fourth-order valence-electron chi connectivity index (χ4n) is 3.40. The van der Waals surface area contributed by atoms with Crippen molar-refractivity contribution in [1.29, 1.82) is 0 Å². The maximum atomic E-state index is 12.4. The molecule has 3 aromatic carbocycles. The summed E-state index contributed by atoms with van der Waals surface area (Å²) in [7, 11) is 0. The van der Waals surface area contributed by atoms with Crippen molar-refractivity contribution in [1.82, 2.24) is 15.0 Å². The van der Waals surface area contributed by atoms with E-state index in [0.717, 1.165) is 22.3 Å². The highest BCUT2D eigenvalue weighted by Gasteiger charge is 2.15. The third-order valence-electron chi connectivity index (χ3n) is 5.07. The van der Waals surface area contributed by atoms with Gasteiger partial charge in [0.05, 0.1) is 18.3 Å². The molecule has 0 aliphatic heterocycles. The smallest absolute Gasteiger partial charge is 0.413 e. The Hall–Kier alpha value is -4.46. The first kappa shape index (κ1) is 21.8. The zero-order chi connectivity index (χ0) is 23.2. The number of carbonyl (C=O) groups excluding carboxylic acids is 1. The van der Waals surface area contributed by atoms with Crippen molar-refractivity contribution in [2.24, 2.45) is 0 Å². The molecule has 1 amide bonds. The van der Waals surface area contributed by atoms with E-state index in [-0.39, 0.29) is 6.42 Å². The Balaban J connectivity index is 1.49. The number of rotatable bonds is 7. The molecule has 0 saturated carbocycles. The van der Waals surface area contributed by atoms with Gasteiger partial charge in [0.25, 0.3) is 0 Å². The molecule has 1 heterocycles. The molecule has 0 spiro atoms. The molecule has 0 aliphatic carbocycles. The van der Waals surface area contributed by atoms with E-state index in [1.54, 1.807) is 19.1 Å². The molecular weight excluding hydrogens is 420 g/mol. The van der Waals surface area contributed by atoms with Crippen LogP contribution in [0, 0.1) is 0 Å². The standard InChI is InChI=1S/C25H22N4O4/c1-17(19-6-3-2-4-7-19)33-25(32)27-23-16-26-28-29(23)22-9-5-8-21(15-22)20-12-10-18(11-13-20)14-24(30)31/h2-13,15-17H,14H2,1H3,(H,27,32)(H,30,31). The van der Waals surface area contributed by atoms with Crippen LogP contribution in [-0.2, 0) is 16.0 Å². The highest BCUT2D eigenvalue weighted by molar-refractivity contribution is 5.84. The molecule has 8 nitrogen and oxygen atoms in total. The molecule has 2 N–H and O–H groups in total. The molecule has 0 aliphatic rings. The van der Waals surface area contributed by atoms with Crippen molar-refractivity contribution in [2.45, 2.75) is 19.4 Å². The molecule has 1 atom stereocenters. The van der Waals surface area contributed by atoms with Crippen molar-refractivity contribution in [3.8, 4) is 16.8 Å². The summed E-state index contributed by atoms with van der Waals surface area (Å²) in [6, 6.07) is 24.4. The number of carboxylic acids is 1. The predicted octanol–water partition coefficient (Wildman–Crippen LogP) is 4.87. The topological polar surface area (TPSA) is 106 Å². The second-order valence-corrected chi connectivity index (χ2v) is 7.43.